The molecule has 1 aromatic rings. The Hall–Kier alpha value is -2.17. The summed E-state index contributed by atoms with van der Waals surface area (Å²) in [5.74, 6) is -0.418. The molecule has 0 aromatic heterocycles. The second-order valence-electron chi connectivity index (χ2n) is 3.61. The Kier molecular flexibility index (Phi) is 5.57. The maximum Gasteiger partial charge on any atom is 0.306 e. The Bertz CT molecular complexity index is 440. The van der Waals surface area contributed by atoms with Gasteiger partial charge in [0, 0.05) is 12.5 Å². The molecular formula is C13H15NO4. The molecule has 0 saturated heterocycles. The van der Waals surface area contributed by atoms with Gasteiger partial charge in [-0.3, -0.25) is 14.9 Å². The van der Waals surface area contributed by atoms with E-state index in [0.717, 1.165) is 5.56 Å². The Morgan fingerprint density at radius 2 is 2.00 bits per heavy atom. The Morgan fingerprint density at radius 1 is 1.33 bits per heavy atom. The lowest BCUT2D eigenvalue weighted by Gasteiger charge is -2.01. The molecule has 0 aliphatic heterocycles. The summed E-state index contributed by atoms with van der Waals surface area (Å²) in [7, 11) is 0. The highest BCUT2D eigenvalue weighted by Gasteiger charge is 2.13. The molecule has 0 N–H and O–H groups in total. The third-order valence-corrected chi connectivity index (χ3v) is 2.26. The van der Waals surface area contributed by atoms with Gasteiger partial charge in [0.25, 0.3) is 0 Å². The molecule has 96 valence electrons. The molecule has 5 nitrogen and oxygen atoms in total. The number of esters is 1. The Balaban J connectivity index is 2.69. The van der Waals surface area contributed by atoms with Gasteiger partial charge in [0.15, 0.2) is 0 Å². The molecule has 0 amide bonds. The summed E-state index contributed by atoms with van der Waals surface area (Å²) in [6.45, 7) is 1.99. The zero-order chi connectivity index (χ0) is 13.4. The van der Waals surface area contributed by atoms with E-state index in [2.05, 4.69) is 0 Å². The van der Waals surface area contributed by atoms with Gasteiger partial charge in [-0.2, -0.15) is 0 Å². The summed E-state index contributed by atoms with van der Waals surface area (Å²) in [6, 6.07) is 8.98. The summed E-state index contributed by atoms with van der Waals surface area (Å²) in [6.07, 6.45) is 1.56. The molecule has 0 atom stereocenters. The van der Waals surface area contributed by atoms with E-state index in [4.69, 9.17) is 4.74 Å². The highest BCUT2D eigenvalue weighted by molar-refractivity contribution is 5.69. The zero-order valence-electron chi connectivity index (χ0n) is 10.2. The molecule has 0 bridgehead atoms. The van der Waals surface area contributed by atoms with Crippen LogP contribution in [-0.2, 0) is 9.53 Å². The van der Waals surface area contributed by atoms with Gasteiger partial charge in [-0.15, -0.1) is 0 Å². The minimum absolute atomic E-state index is 0.00857. The topological polar surface area (TPSA) is 69.4 Å². The van der Waals surface area contributed by atoms with E-state index in [0.29, 0.717) is 0 Å². The van der Waals surface area contributed by atoms with Gasteiger partial charge >= 0.3 is 5.97 Å². The fourth-order valence-corrected chi connectivity index (χ4v) is 1.42. The highest BCUT2D eigenvalue weighted by atomic mass is 16.6. The monoisotopic (exact) mass is 249 g/mol. The molecule has 0 spiro atoms. The second-order valence-corrected chi connectivity index (χ2v) is 3.61. The second kappa shape index (κ2) is 7.21. The molecule has 0 saturated carbocycles. The number of carbonyl (C=O) groups excluding carboxylic acids is 1. The molecule has 0 aliphatic rings. The minimum Gasteiger partial charge on any atom is -0.466 e. The van der Waals surface area contributed by atoms with Crippen molar-refractivity contribution >= 4 is 12.0 Å². The van der Waals surface area contributed by atoms with Crippen LogP contribution in [-0.4, -0.2) is 17.5 Å². The summed E-state index contributed by atoms with van der Waals surface area (Å²) in [5.41, 5.74) is 0.752. The molecule has 0 radical (unpaired) electrons. The maximum atomic E-state index is 11.2. The van der Waals surface area contributed by atoms with Crippen LogP contribution in [0.25, 0.3) is 6.08 Å². The SMILES string of the molecule is CCOC(=O)CC/C(=C\c1ccccc1)[N+](=O)[O-]. The van der Waals surface area contributed by atoms with Crippen molar-refractivity contribution in [3.05, 3.63) is 51.7 Å². The summed E-state index contributed by atoms with van der Waals surface area (Å²) in [5, 5.41) is 10.9. The van der Waals surface area contributed by atoms with Crippen LogP contribution in [0.15, 0.2) is 36.0 Å². The van der Waals surface area contributed by atoms with Crippen molar-refractivity contribution in [2.24, 2.45) is 0 Å². The first-order valence-corrected chi connectivity index (χ1v) is 5.69. The van der Waals surface area contributed by atoms with Gasteiger partial charge < -0.3 is 4.74 Å². The van der Waals surface area contributed by atoms with Gasteiger partial charge in [-0.05, 0) is 12.5 Å². The van der Waals surface area contributed by atoms with Gasteiger partial charge in [0.1, 0.15) is 0 Å². The fraction of sp³-hybridized carbons (Fsp3) is 0.308. The van der Waals surface area contributed by atoms with Crippen LogP contribution >= 0.6 is 0 Å². The van der Waals surface area contributed by atoms with Crippen LogP contribution in [0.5, 0.6) is 0 Å². The number of rotatable bonds is 6. The first-order chi connectivity index (χ1) is 8.63. The van der Waals surface area contributed by atoms with E-state index < -0.39 is 10.9 Å². The third-order valence-electron chi connectivity index (χ3n) is 2.26. The number of hydrogen-bond acceptors (Lipinski definition) is 4. The quantitative estimate of drug-likeness (QED) is 0.441. The van der Waals surface area contributed by atoms with Crippen molar-refractivity contribution in [3.63, 3.8) is 0 Å². The molecule has 0 unspecified atom stereocenters. The molecule has 1 aromatic carbocycles. The predicted molar refractivity (Wildman–Crippen MR) is 67.3 cm³/mol. The largest absolute Gasteiger partial charge is 0.466 e. The lowest BCUT2D eigenvalue weighted by Crippen LogP contribution is -2.07. The van der Waals surface area contributed by atoms with Crippen molar-refractivity contribution < 1.29 is 14.5 Å². The number of allylic oxidation sites excluding steroid dienone is 1. The lowest BCUT2D eigenvalue weighted by molar-refractivity contribution is -0.426. The predicted octanol–water partition coefficient (Wildman–Crippen LogP) is 2.65. The van der Waals surface area contributed by atoms with E-state index in [1.807, 2.05) is 6.07 Å². The molecule has 1 rings (SSSR count). The summed E-state index contributed by atoms with van der Waals surface area (Å²) in [4.78, 5) is 21.5. The standard InChI is InChI=1S/C13H15NO4/c1-2-18-13(15)9-8-12(14(16)17)10-11-6-4-3-5-7-11/h3-7,10H,2,8-9H2,1H3/b12-10+. The van der Waals surface area contributed by atoms with E-state index in [1.54, 1.807) is 31.2 Å². The van der Waals surface area contributed by atoms with Gasteiger partial charge in [0.05, 0.1) is 18.0 Å². The Labute approximate surface area is 105 Å². The van der Waals surface area contributed by atoms with Gasteiger partial charge in [-0.25, -0.2) is 0 Å². The van der Waals surface area contributed by atoms with Crippen LogP contribution in [0.3, 0.4) is 0 Å². The van der Waals surface area contributed by atoms with Crippen molar-refractivity contribution in [3.8, 4) is 0 Å². The number of nitrogens with zero attached hydrogens (tertiary/aromatic N) is 1. The number of nitro groups is 1. The zero-order valence-corrected chi connectivity index (χ0v) is 10.2. The average molecular weight is 249 g/mol. The Morgan fingerprint density at radius 3 is 2.56 bits per heavy atom. The molecule has 5 heteroatoms. The maximum absolute atomic E-state index is 11.2. The van der Waals surface area contributed by atoms with Crippen LogP contribution in [0.1, 0.15) is 25.3 Å². The first-order valence-electron chi connectivity index (χ1n) is 5.69. The molecule has 0 aliphatic carbocycles. The third kappa shape index (κ3) is 4.78. The normalized spacial score (nSPS) is 11.1. The van der Waals surface area contributed by atoms with E-state index in [-0.39, 0.29) is 25.1 Å². The smallest absolute Gasteiger partial charge is 0.306 e. The molecule has 0 heterocycles. The van der Waals surface area contributed by atoms with Crippen molar-refractivity contribution in [1.82, 2.24) is 0 Å². The number of carbonyl (C=O) groups is 1. The lowest BCUT2D eigenvalue weighted by atomic mass is 10.1. The summed E-state index contributed by atoms with van der Waals surface area (Å²) >= 11 is 0. The number of benzene rings is 1. The summed E-state index contributed by atoms with van der Waals surface area (Å²) < 4.78 is 4.73. The van der Waals surface area contributed by atoms with Crippen LogP contribution in [0, 0.1) is 10.1 Å². The van der Waals surface area contributed by atoms with Crippen molar-refractivity contribution in [2.75, 3.05) is 6.61 Å². The van der Waals surface area contributed by atoms with Gasteiger partial charge in [-0.1, -0.05) is 30.3 Å². The average Bonchev–Trinajstić information content (AvgIpc) is 2.35. The molecular weight excluding hydrogens is 234 g/mol. The molecule has 0 fully saturated rings. The highest BCUT2D eigenvalue weighted by Crippen LogP contribution is 2.12. The first kappa shape index (κ1) is 13.9. The van der Waals surface area contributed by atoms with Crippen molar-refractivity contribution in [1.29, 1.82) is 0 Å². The van der Waals surface area contributed by atoms with E-state index in [1.165, 1.54) is 6.08 Å². The molecule has 18 heavy (non-hydrogen) atoms. The van der Waals surface area contributed by atoms with Crippen LogP contribution in [0.4, 0.5) is 0 Å². The van der Waals surface area contributed by atoms with Gasteiger partial charge in [0.2, 0.25) is 5.70 Å². The van der Waals surface area contributed by atoms with Crippen LogP contribution < -0.4 is 0 Å². The number of ether oxygens (including phenoxy) is 1. The fourth-order valence-electron chi connectivity index (χ4n) is 1.42. The van der Waals surface area contributed by atoms with E-state index >= 15 is 0 Å². The number of hydrogen-bond donors (Lipinski definition) is 0. The van der Waals surface area contributed by atoms with E-state index in [9.17, 15) is 14.9 Å². The van der Waals surface area contributed by atoms with Crippen molar-refractivity contribution in [2.45, 2.75) is 19.8 Å². The van der Waals surface area contributed by atoms with Crippen LogP contribution in [0.2, 0.25) is 0 Å². The minimum atomic E-state index is -0.466.